The molecule has 0 radical (unpaired) electrons. The van der Waals surface area contributed by atoms with Crippen LogP contribution in [0.3, 0.4) is 0 Å². The van der Waals surface area contributed by atoms with E-state index < -0.39 is 0 Å². The van der Waals surface area contributed by atoms with Crippen molar-refractivity contribution in [2.75, 3.05) is 24.9 Å². The average molecular weight is 269 g/mol. The van der Waals surface area contributed by atoms with E-state index >= 15 is 0 Å². The first-order chi connectivity index (χ1) is 8.58. The van der Waals surface area contributed by atoms with Gasteiger partial charge in [-0.05, 0) is 31.0 Å². The third kappa shape index (κ3) is 4.22. The summed E-state index contributed by atoms with van der Waals surface area (Å²) in [6.45, 7) is 2.05. The SMILES string of the molecule is CCC(CCCl)NC(=O)c1cccc(N(C)C)c1. The van der Waals surface area contributed by atoms with Gasteiger partial charge < -0.3 is 10.2 Å². The van der Waals surface area contributed by atoms with E-state index in [9.17, 15) is 4.79 Å². The topological polar surface area (TPSA) is 32.3 Å². The maximum absolute atomic E-state index is 12.1. The van der Waals surface area contributed by atoms with Crippen LogP contribution in [0.5, 0.6) is 0 Å². The second-order valence-corrected chi connectivity index (χ2v) is 4.88. The first-order valence-corrected chi connectivity index (χ1v) is 6.76. The third-order valence-electron chi connectivity index (χ3n) is 2.91. The van der Waals surface area contributed by atoms with Crippen LogP contribution in [0, 0.1) is 0 Å². The molecule has 0 aliphatic carbocycles. The van der Waals surface area contributed by atoms with E-state index in [1.165, 1.54) is 0 Å². The zero-order chi connectivity index (χ0) is 13.5. The smallest absolute Gasteiger partial charge is 0.251 e. The number of halogens is 1. The highest BCUT2D eigenvalue weighted by Crippen LogP contribution is 2.13. The molecule has 3 nitrogen and oxygen atoms in total. The fourth-order valence-electron chi connectivity index (χ4n) is 1.70. The second-order valence-electron chi connectivity index (χ2n) is 4.50. The van der Waals surface area contributed by atoms with Gasteiger partial charge in [0.2, 0.25) is 0 Å². The van der Waals surface area contributed by atoms with Gasteiger partial charge in [-0.2, -0.15) is 0 Å². The minimum atomic E-state index is -0.0318. The average Bonchev–Trinajstić information content (AvgIpc) is 2.38. The first kappa shape index (κ1) is 14.8. The fraction of sp³-hybridized carbons (Fsp3) is 0.500. The summed E-state index contributed by atoms with van der Waals surface area (Å²) in [6.07, 6.45) is 1.70. The van der Waals surface area contributed by atoms with Crippen molar-refractivity contribution in [3.63, 3.8) is 0 Å². The molecule has 0 aliphatic rings. The number of hydrogen-bond acceptors (Lipinski definition) is 2. The number of nitrogens with one attached hydrogen (secondary N) is 1. The van der Waals surface area contributed by atoms with Crippen molar-refractivity contribution < 1.29 is 4.79 Å². The lowest BCUT2D eigenvalue weighted by Gasteiger charge is -2.17. The number of hydrogen-bond donors (Lipinski definition) is 1. The molecule has 1 atom stereocenters. The molecule has 0 spiro atoms. The highest BCUT2D eigenvalue weighted by Gasteiger charge is 2.12. The minimum Gasteiger partial charge on any atom is -0.378 e. The molecule has 0 bridgehead atoms. The standard InChI is InChI=1S/C14H21ClN2O/c1-4-12(8-9-15)16-14(18)11-6-5-7-13(10-11)17(2)3/h5-7,10,12H,4,8-9H2,1-3H3,(H,16,18). The molecule has 0 saturated carbocycles. The van der Waals surface area contributed by atoms with Crippen molar-refractivity contribution in [2.45, 2.75) is 25.8 Å². The lowest BCUT2D eigenvalue weighted by Crippen LogP contribution is -2.34. The van der Waals surface area contributed by atoms with Crippen LogP contribution in [0.15, 0.2) is 24.3 Å². The molecule has 0 heterocycles. The van der Waals surface area contributed by atoms with E-state index in [0.29, 0.717) is 11.4 Å². The lowest BCUT2D eigenvalue weighted by atomic mass is 10.1. The summed E-state index contributed by atoms with van der Waals surface area (Å²) in [5, 5.41) is 3.01. The number of rotatable bonds is 6. The molecular formula is C14H21ClN2O. The monoisotopic (exact) mass is 268 g/mol. The summed E-state index contributed by atoms with van der Waals surface area (Å²) in [4.78, 5) is 14.1. The van der Waals surface area contributed by atoms with Gasteiger partial charge in [-0.15, -0.1) is 11.6 Å². The van der Waals surface area contributed by atoms with Crippen LogP contribution >= 0.6 is 11.6 Å². The fourth-order valence-corrected chi connectivity index (χ4v) is 1.97. The van der Waals surface area contributed by atoms with E-state index in [4.69, 9.17) is 11.6 Å². The Labute approximate surface area is 114 Å². The van der Waals surface area contributed by atoms with Crippen LogP contribution in [0.4, 0.5) is 5.69 Å². The molecule has 100 valence electrons. The highest BCUT2D eigenvalue weighted by atomic mass is 35.5. The zero-order valence-electron chi connectivity index (χ0n) is 11.2. The Balaban J connectivity index is 2.74. The Morgan fingerprint density at radius 1 is 1.44 bits per heavy atom. The Hall–Kier alpha value is -1.22. The van der Waals surface area contributed by atoms with Crippen molar-refractivity contribution in [2.24, 2.45) is 0 Å². The molecule has 4 heteroatoms. The minimum absolute atomic E-state index is 0.0318. The number of carbonyl (C=O) groups excluding carboxylic acids is 1. The van der Waals surface area contributed by atoms with Crippen LogP contribution in [0.25, 0.3) is 0 Å². The van der Waals surface area contributed by atoms with Gasteiger partial charge in [-0.3, -0.25) is 4.79 Å². The van der Waals surface area contributed by atoms with Gasteiger partial charge in [0.25, 0.3) is 5.91 Å². The van der Waals surface area contributed by atoms with Gasteiger partial charge in [0.1, 0.15) is 0 Å². The molecule has 0 aliphatic heterocycles. The van der Waals surface area contributed by atoms with E-state index in [1.54, 1.807) is 0 Å². The maximum atomic E-state index is 12.1. The van der Waals surface area contributed by atoms with Gasteiger partial charge in [-0.1, -0.05) is 13.0 Å². The van der Waals surface area contributed by atoms with Crippen LogP contribution in [0.1, 0.15) is 30.1 Å². The summed E-state index contributed by atoms with van der Waals surface area (Å²) >= 11 is 5.71. The summed E-state index contributed by atoms with van der Waals surface area (Å²) in [6, 6.07) is 7.75. The van der Waals surface area contributed by atoms with Crippen molar-refractivity contribution in [1.29, 1.82) is 0 Å². The predicted molar refractivity (Wildman–Crippen MR) is 77.7 cm³/mol. The lowest BCUT2D eigenvalue weighted by molar-refractivity contribution is 0.0935. The number of anilines is 1. The Morgan fingerprint density at radius 3 is 2.72 bits per heavy atom. The predicted octanol–water partition coefficient (Wildman–Crippen LogP) is 2.89. The molecule has 1 amide bonds. The maximum Gasteiger partial charge on any atom is 0.251 e. The molecule has 18 heavy (non-hydrogen) atoms. The molecule has 1 N–H and O–H groups in total. The normalized spacial score (nSPS) is 12.0. The largest absolute Gasteiger partial charge is 0.378 e. The number of amides is 1. The summed E-state index contributed by atoms with van der Waals surface area (Å²) in [7, 11) is 3.92. The Morgan fingerprint density at radius 2 is 2.17 bits per heavy atom. The number of carbonyl (C=O) groups is 1. The van der Waals surface area contributed by atoms with Crippen molar-refractivity contribution in [3.8, 4) is 0 Å². The number of benzene rings is 1. The molecule has 0 aromatic heterocycles. The second kappa shape index (κ2) is 7.27. The Kier molecular flexibility index (Phi) is 5.99. The van der Waals surface area contributed by atoms with Gasteiger partial charge in [-0.25, -0.2) is 0 Å². The molecule has 1 aromatic rings. The van der Waals surface area contributed by atoms with Gasteiger partial charge in [0, 0.05) is 37.3 Å². The first-order valence-electron chi connectivity index (χ1n) is 6.22. The van der Waals surface area contributed by atoms with Gasteiger partial charge >= 0.3 is 0 Å². The number of alkyl halides is 1. The summed E-state index contributed by atoms with van der Waals surface area (Å²) in [5.41, 5.74) is 1.71. The molecule has 0 saturated heterocycles. The van der Waals surface area contributed by atoms with Gasteiger partial charge in [0.15, 0.2) is 0 Å². The van der Waals surface area contributed by atoms with Crippen molar-refractivity contribution >= 4 is 23.2 Å². The molecule has 1 aromatic carbocycles. The molecular weight excluding hydrogens is 248 g/mol. The highest BCUT2D eigenvalue weighted by molar-refractivity contribution is 6.17. The summed E-state index contributed by atoms with van der Waals surface area (Å²) in [5.74, 6) is 0.534. The van der Waals surface area contributed by atoms with Crippen LogP contribution in [0.2, 0.25) is 0 Å². The van der Waals surface area contributed by atoms with Crippen LogP contribution in [-0.2, 0) is 0 Å². The van der Waals surface area contributed by atoms with Gasteiger partial charge in [0.05, 0.1) is 0 Å². The zero-order valence-corrected chi connectivity index (χ0v) is 12.0. The van der Waals surface area contributed by atoms with Crippen LogP contribution < -0.4 is 10.2 Å². The van der Waals surface area contributed by atoms with E-state index in [2.05, 4.69) is 5.32 Å². The van der Waals surface area contributed by atoms with Crippen molar-refractivity contribution in [1.82, 2.24) is 5.32 Å². The quantitative estimate of drug-likeness (QED) is 0.805. The van der Waals surface area contributed by atoms with E-state index in [0.717, 1.165) is 18.5 Å². The van der Waals surface area contributed by atoms with Crippen molar-refractivity contribution in [3.05, 3.63) is 29.8 Å². The number of nitrogens with zero attached hydrogens (tertiary/aromatic N) is 1. The van der Waals surface area contributed by atoms with Crippen LogP contribution in [-0.4, -0.2) is 31.9 Å². The Bertz CT molecular complexity index is 393. The molecule has 1 rings (SSSR count). The summed E-state index contributed by atoms with van der Waals surface area (Å²) < 4.78 is 0. The molecule has 0 fully saturated rings. The van der Waals surface area contributed by atoms with E-state index in [1.807, 2.05) is 50.2 Å². The molecule has 1 unspecified atom stereocenters. The third-order valence-corrected chi connectivity index (χ3v) is 3.13. The van der Waals surface area contributed by atoms with E-state index in [-0.39, 0.29) is 11.9 Å².